The van der Waals surface area contributed by atoms with Gasteiger partial charge in [-0.3, -0.25) is 4.79 Å². The van der Waals surface area contributed by atoms with Crippen LogP contribution in [0.2, 0.25) is 0 Å². The number of hydrogen-bond acceptors (Lipinski definition) is 4. The summed E-state index contributed by atoms with van der Waals surface area (Å²) in [6, 6.07) is 7.07. The number of carbonyl (C=O) groups is 1. The fourth-order valence-electron chi connectivity index (χ4n) is 2.00. The molecule has 0 spiro atoms. The summed E-state index contributed by atoms with van der Waals surface area (Å²) in [5, 5.41) is 25.7. The Bertz CT molecular complexity index is 443. The third kappa shape index (κ3) is 4.03. The van der Waals surface area contributed by atoms with Crippen LogP contribution in [-0.4, -0.2) is 41.9 Å². The van der Waals surface area contributed by atoms with Gasteiger partial charge in [-0.15, -0.1) is 0 Å². The maximum Gasteiger partial charge on any atom is 0.251 e. The van der Waals surface area contributed by atoms with E-state index in [0.717, 1.165) is 12.8 Å². The van der Waals surface area contributed by atoms with E-state index in [1.165, 1.54) is 0 Å². The Morgan fingerprint density at radius 3 is 2.50 bits per heavy atom. The van der Waals surface area contributed by atoms with Crippen molar-refractivity contribution in [3.63, 3.8) is 0 Å². The molecule has 0 bridgehead atoms. The van der Waals surface area contributed by atoms with Crippen LogP contribution < -0.4 is 10.6 Å². The Hall–Kier alpha value is -1.43. The zero-order valence-electron chi connectivity index (χ0n) is 11.7. The lowest BCUT2D eigenvalue weighted by Crippen LogP contribution is -2.25. The molecule has 0 aliphatic heterocycles. The second kappa shape index (κ2) is 6.83. The van der Waals surface area contributed by atoms with Crippen molar-refractivity contribution in [2.24, 2.45) is 0 Å². The van der Waals surface area contributed by atoms with Gasteiger partial charge in [0.05, 0.1) is 6.10 Å². The Morgan fingerprint density at radius 2 is 1.95 bits per heavy atom. The predicted molar refractivity (Wildman–Crippen MR) is 76.4 cm³/mol. The molecule has 1 aliphatic rings. The highest BCUT2D eigenvalue weighted by Crippen LogP contribution is 2.21. The van der Waals surface area contributed by atoms with Crippen LogP contribution in [0.3, 0.4) is 0 Å². The molecule has 4 N–H and O–H groups in total. The van der Waals surface area contributed by atoms with Crippen molar-refractivity contribution in [3.05, 3.63) is 35.4 Å². The average molecular weight is 278 g/mol. The van der Waals surface area contributed by atoms with E-state index in [9.17, 15) is 15.0 Å². The number of aliphatic hydroxyl groups excluding tert-OH is 2. The highest BCUT2D eigenvalue weighted by molar-refractivity contribution is 5.94. The fraction of sp³-hybridized carbons (Fsp3) is 0.533. The van der Waals surface area contributed by atoms with Crippen molar-refractivity contribution in [1.29, 1.82) is 0 Å². The van der Waals surface area contributed by atoms with Crippen molar-refractivity contribution in [3.8, 4) is 0 Å². The smallest absolute Gasteiger partial charge is 0.251 e. The van der Waals surface area contributed by atoms with Gasteiger partial charge in [0.2, 0.25) is 0 Å². The summed E-state index contributed by atoms with van der Waals surface area (Å²) in [5.74, 6) is -0.0794. The van der Waals surface area contributed by atoms with Gasteiger partial charge in [-0.2, -0.15) is 0 Å². The molecule has 0 heterocycles. The molecule has 2 rings (SSSR count). The van der Waals surface area contributed by atoms with Gasteiger partial charge in [0.15, 0.2) is 0 Å². The van der Waals surface area contributed by atoms with E-state index < -0.39 is 12.2 Å². The van der Waals surface area contributed by atoms with Crippen molar-refractivity contribution in [2.75, 3.05) is 13.6 Å². The lowest BCUT2D eigenvalue weighted by atomic mass is 10.0. The monoisotopic (exact) mass is 278 g/mol. The highest BCUT2D eigenvalue weighted by atomic mass is 16.3. The van der Waals surface area contributed by atoms with Crippen molar-refractivity contribution < 1.29 is 15.0 Å². The van der Waals surface area contributed by atoms with Crippen LogP contribution in [-0.2, 0) is 0 Å². The first-order valence-corrected chi connectivity index (χ1v) is 7.03. The molecular formula is C15H22N2O3. The second-order valence-electron chi connectivity index (χ2n) is 5.27. The van der Waals surface area contributed by atoms with E-state index in [0.29, 0.717) is 30.1 Å². The lowest BCUT2D eigenvalue weighted by Gasteiger charge is -2.18. The molecule has 5 nitrogen and oxygen atoms in total. The van der Waals surface area contributed by atoms with Crippen LogP contribution in [0.15, 0.2) is 24.3 Å². The molecule has 1 saturated carbocycles. The van der Waals surface area contributed by atoms with Gasteiger partial charge >= 0.3 is 0 Å². The zero-order chi connectivity index (χ0) is 14.5. The van der Waals surface area contributed by atoms with Gasteiger partial charge in [0.25, 0.3) is 5.91 Å². The highest BCUT2D eigenvalue weighted by Gasteiger charge is 2.24. The van der Waals surface area contributed by atoms with E-state index in [1.807, 2.05) is 0 Å². The van der Waals surface area contributed by atoms with E-state index in [4.69, 9.17) is 0 Å². The molecule has 1 fully saturated rings. The topological polar surface area (TPSA) is 81.6 Å². The largest absolute Gasteiger partial charge is 0.390 e. The summed E-state index contributed by atoms with van der Waals surface area (Å²) < 4.78 is 0. The molecule has 2 atom stereocenters. The predicted octanol–water partition coefficient (Wildman–Crippen LogP) is 0.583. The van der Waals surface area contributed by atoms with Crippen LogP contribution in [0.1, 0.15) is 41.3 Å². The lowest BCUT2D eigenvalue weighted by molar-refractivity contribution is 0.0140. The molecule has 2 unspecified atom stereocenters. The number of aliphatic hydroxyl groups is 2. The summed E-state index contributed by atoms with van der Waals surface area (Å²) in [6.45, 7) is 0.639. The van der Waals surface area contributed by atoms with E-state index in [-0.39, 0.29) is 5.91 Å². The average Bonchev–Trinajstić information content (AvgIpc) is 3.28. The molecule has 0 aromatic heterocycles. The molecule has 1 aromatic rings. The number of amides is 1. The van der Waals surface area contributed by atoms with Crippen LogP contribution in [0.5, 0.6) is 0 Å². The number of nitrogens with one attached hydrogen (secondary N) is 2. The van der Waals surface area contributed by atoms with Gasteiger partial charge in [0, 0.05) is 11.6 Å². The van der Waals surface area contributed by atoms with E-state index in [1.54, 1.807) is 31.3 Å². The van der Waals surface area contributed by atoms with Gasteiger partial charge in [0.1, 0.15) is 6.10 Å². The maximum absolute atomic E-state index is 11.8. The Kier molecular flexibility index (Phi) is 5.11. The molecule has 110 valence electrons. The molecule has 0 radical (unpaired) electrons. The SMILES string of the molecule is CNCCC(O)C(O)c1ccc(C(=O)NC2CC2)cc1. The summed E-state index contributed by atoms with van der Waals surface area (Å²) in [4.78, 5) is 11.8. The van der Waals surface area contributed by atoms with Crippen molar-refractivity contribution in [1.82, 2.24) is 10.6 Å². The number of hydrogen-bond donors (Lipinski definition) is 4. The minimum absolute atomic E-state index is 0.0794. The fourth-order valence-corrected chi connectivity index (χ4v) is 2.00. The molecule has 1 aromatic carbocycles. The number of carbonyl (C=O) groups excluding carboxylic acids is 1. The Morgan fingerprint density at radius 1 is 1.30 bits per heavy atom. The van der Waals surface area contributed by atoms with Crippen LogP contribution >= 0.6 is 0 Å². The molecule has 5 heteroatoms. The van der Waals surface area contributed by atoms with E-state index >= 15 is 0 Å². The second-order valence-corrected chi connectivity index (χ2v) is 5.27. The molecular weight excluding hydrogens is 256 g/mol. The Balaban J connectivity index is 1.94. The third-order valence-corrected chi connectivity index (χ3v) is 3.48. The normalized spacial score (nSPS) is 17.6. The van der Waals surface area contributed by atoms with Crippen LogP contribution in [0, 0.1) is 0 Å². The molecule has 20 heavy (non-hydrogen) atoms. The number of rotatable bonds is 7. The van der Waals surface area contributed by atoms with Gasteiger partial charge in [-0.05, 0) is 50.6 Å². The molecule has 1 amide bonds. The quantitative estimate of drug-likeness (QED) is 0.588. The van der Waals surface area contributed by atoms with Crippen LogP contribution in [0.25, 0.3) is 0 Å². The Labute approximate surface area is 119 Å². The van der Waals surface area contributed by atoms with Crippen molar-refractivity contribution >= 4 is 5.91 Å². The first-order valence-electron chi connectivity index (χ1n) is 7.03. The molecule has 0 saturated heterocycles. The van der Waals surface area contributed by atoms with E-state index in [2.05, 4.69) is 10.6 Å². The minimum atomic E-state index is -0.927. The summed E-state index contributed by atoms with van der Waals surface area (Å²) >= 11 is 0. The maximum atomic E-state index is 11.8. The van der Waals surface area contributed by atoms with Gasteiger partial charge < -0.3 is 20.8 Å². The minimum Gasteiger partial charge on any atom is -0.390 e. The zero-order valence-corrected chi connectivity index (χ0v) is 11.7. The van der Waals surface area contributed by atoms with Crippen LogP contribution in [0.4, 0.5) is 0 Å². The van der Waals surface area contributed by atoms with Crippen molar-refractivity contribution in [2.45, 2.75) is 37.5 Å². The third-order valence-electron chi connectivity index (χ3n) is 3.48. The first kappa shape index (κ1) is 15.0. The standard InChI is InChI=1S/C15H22N2O3/c1-16-9-8-13(18)14(19)10-2-4-11(5-3-10)15(20)17-12-6-7-12/h2-5,12-14,16,18-19H,6-9H2,1H3,(H,17,20). The number of benzene rings is 1. The first-order chi connectivity index (χ1) is 9.61. The summed E-state index contributed by atoms with van der Waals surface area (Å²) in [5.41, 5.74) is 1.20. The van der Waals surface area contributed by atoms with Gasteiger partial charge in [-0.1, -0.05) is 12.1 Å². The molecule has 1 aliphatic carbocycles. The summed E-state index contributed by atoms with van der Waals surface area (Å²) in [7, 11) is 1.80. The summed E-state index contributed by atoms with van der Waals surface area (Å²) in [6.07, 6.45) is 0.847. The van der Waals surface area contributed by atoms with Gasteiger partial charge in [-0.25, -0.2) is 0 Å².